The van der Waals surface area contributed by atoms with Crippen molar-refractivity contribution < 1.29 is 23.8 Å². The van der Waals surface area contributed by atoms with E-state index in [9.17, 15) is 4.79 Å². The zero-order valence-electron chi connectivity index (χ0n) is 14.6. The summed E-state index contributed by atoms with van der Waals surface area (Å²) in [5, 5.41) is 6.91. The number of hydrogen-bond acceptors (Lipinski definition) is 6. The Hall–Kier alpha value is -2.93. The van der Waals surface area contributed by atoms with E-state index in [4.69, 9.17) is 30.6 Å². The molecule has 138 valence electrons. The maximum atomic E-state index is 11.9. The number of carbonyl (C=O) groups is 1. The van der Waals surface area contributed by atoms with Crippen LogP contribution in [0.1, 0.15) is 5.56 Å². The van der Waals surface area contributed by atoms with Gasteiger partial charge in [0, 0.05) is 10.6 Å². The Balaban J connectivity index is 1.90. The second-order valence-corrected chi connectivity index (χ2v) is 5.45. The van der Waals surface area contributed by atoms with Crippen molar-refractivity contribution in [1.82, 2.24) is 0 Å². The lowest BCUT2D eigenvalue weighted by atomic mass is 10.2. The molecule has 2 aromatic rings. The van der Waals surface area contributed by atoms with Gasteiger partial charge in [-0.3, -0.25) is 4.79 Å². The molecule has 0 aliphatic heterocycles. The molecule has 1 amide bonds. The Morgan fingerprint density at radius 1 is 1.04 bits per heavy atom. The lowest BCUT2D eigenvalue weighted by Crippen LogP contribution is -2.17. The molecule has 0 aliphatic carbocycles. The summed E-state index contributed by atoms with van der Waals surface area (Å²) in [6, 6.07) is 10.2. The minimum atomic E-state index is -0.393. The van der Waals surface area contributed by atoms with Crippen LogP contribution in [-0.4, -0.2) is 40.1 Å². The topological polar surface area (TPSA) is 78.4 Å². The first-order valence-electron chi connectivity index (χ1n) is 7.58. The van der Waals surface area contributed by atoms with Crippen LogP contribution in [0.25, 0.3) is 0 Å². The Morgan fingerprint density at radius 3 is 2.42 bits per heavy atom. The Morgan fingerprint density at radius 2 is 1.73 bits per heavy atom. The molecule has 0 saturated carbocycles. The number of carbonyl (C=O) groups excluding carboxylic acids is 1. The number of nitrogens with one attached hydrogen (secondary N) is 1. The van der Waals surface area contributed by atoms with Crippen LogP contribution in [0.2, 0.25) is 5.02 Å². The summed E-state index contributed by atoms with van der Waals surface area (Å²) in [6.45, 7) is -0.264. The molecule has 0 atom stereocenters. The fourth-order valence-corrected chi connectivity index (χ4v) is 2.26. The Kier molecular flexibility index (Phi) is 7.11. The number of oxime groups is 1. The average Bonchev–Trinajstić information content (AvgIpc) is 2.65. The average molecular weight is 379 g/mol. The van der Waals surface area contributed by atoms with Crippen molar-refractivity contribution in [2.45, 2.75) is 0 Å². The van der Waals surface area contributed by atoms with Crippen LogP contribution in [0.4, 0.5) is 5.69 Å². The standard InChI is InChI=1S/C18H19ClN2O5/c1-23-15-7-5-13(19)9-14(15)21-18(22)11-26-20-10-12-4-6-16(24-2)17(8-12)25-3/h4-10H,11H2,1-3H3,(H,21,22)/b20-10-. The summed E-state index contributed by atoms with van der Waals surface area (Å²) in [5.41, 5.74) is 1.19. The van der Waals surface area contributed by atoms with Gasteiger partial charge in [0.05, 0.1) is 33.2 Å². The number of halogens is 1. The molecule has 8 heteroatoms. The molecule has 0 aliphatic rings. The summed E-state index contributed by atoms with van der Waals surface area (Å²) in [7, 11) is 4.61. The molecule has 0 saturated heterocycles. The predicted octanol–water partition coefficient (Wildman–Crippen LogP) is 3.36. The number of benzene rings is 2. The van der Waals surface area contributed by atoms with E-state index in [1.54, 1.807) is 50.6 Å². The van der Waals surface area contributed by atoms with E-state index in [0.29, 0.717) is 28.0 Å². The van der Waals surface area contributed by atoms with Crippen LogP contribution >= 0.6 is 11.6 Å². The van der Waals surface area contributed by atoms with Crippen molar-refractivity contribution in [3.8, 4) is 17.2 Å². The highest BCUT2D eigenvalue weighted by molar-refractivity contribution is 6.31. The maximum Gasteiger partial charge on any atom is 0.265 e. The zero-order valence-corrected chi connectivity index (χ0v) is 15.4. The van der Waals surface area contributed by atoms with Crippen molar-refractivity contribution in [1.29, 1.82) is 0 Å². The molecule has 0 unspecified atom stereocenters. The molecule has 26 heavy (non-hydrogen) atoms. The quantitative estimate of drug-likeness (QED) is 0.563. The van der Waals surface area contributed by atoms with Crippen LogP contribution in [0.3, 0.4) is 0 Å². The second-order valence-electron chi connectivity index (χ2n) is 5.02. The van der Waals surface area contributed by atoms with E-state index in [1.807, 2.05) is 0 Å². The number of methoxy groups -OCH3 is 3. The van der Waals surface area contributed by atoms with E-state index >= 15 is 0 Å². The Bertz CT molecular complexity index is 795. The van der Waals surface area contributed by atoms with Crippen molar-refractivity contribution in [3.63, 3.8) is 0 Å². The third-order valence-electron chi connectivity index (χ3n) is 3.32. The van der Waals surface area contributed by atoms with Crippen LogP contribution in [0.5, 0.6) is 17.2 Å². The molecule has 1 N–H and O–H groups in total. The highest BCUT2D eigenvalue weighted by Crippen LogP contribution is 2.28. The summed E-state index contributed by atoms with van der Waals surface area (Å²) in [5.74, 6) is 1.29. The number of hydrogen-bond donors (Lipinski definition) is 1. The molecule has 0 bridgehead atoms. The summed E-state index contributed by atoms with van der Waals surface area (Å²) < 4.78 is 15.5. The summed E-state index contributed by atoms with van der Waals surface area (Å²) in [4.78, 5) is 17.0. The minimum absolute atomic E-state index is 0.264. The van der Waals surface area contributed by atoms with E-state index in [0.717, 1.165) is 5.56 Å². The molecule has 0 heterocycles. The van der Waals surface area contributed by atoms with Gasteiger partial charge in [-0.25, -0.2) is 0 Å². The molecule has 2 rings (SSSR count). The van der Waals surface area contributed by atoms with Crippen LogP contribution in [0, 0.1) is 0 Å². The van der Waals surface area contributed by atoms with Crippen LogP contribution < -0.4 is 19.5 Å². The Labute approximate surface area is 156 Å². The van der Waals surface area contributed by atoms with Crippen LogP contribution in [-0.2, 0) is 9.63 Å². The first kappa shape index (κ1) is 19.4. The van der Waals surface area contributed by atoms with E-state index < -0.39 is 5.91 Å². The van der Waals surface area contributed by atoms with Crippen molar-refractivity contribution in [2.75, 3.05) is 33.3 Å². The number of anilines is 1. The third kappa shape index (κ3) is 5.29. The second kappa shape index (κ2) is 9.53. The first-order valence-corrected chi connectivity index (χ1v) is 7.96. The lowest BCUT2D eigenvalue weighted by Gasteiger charge is -2.10. The van der Waals surface area contributed by atoms with Gasteiger partial charge in [0.2, 0.25) is 0 Å². The van der Waals surface area contributed by atoms with Crippen molar-refractivity contribution >= 4 is 29.4 Å². The molecule has 0 fully saturated rings. The number of ether oxygens (including phenoxy) is 3. The molecular formula is C18H19ClN2O5. The van der Waals surface area contributed by atoms with Gasteiger partial charge in [0.25, 0.3) is 5.91 Å². The van der Waals surface area contributed by atoms with Gasteiger partial charge < -0.3 is 24.4 Å². The molecule has 7 nitrogen and oxygen atoms in total. The highest BCUT2D eigenvalue weighted by Gasteiger charge is 2.09. The smallest absolute Gasteiger partial charge is 0.265 e. The first-order chi connectivity index (χ1) is 12.6. The van der Waals surface area contributed by atoms with Gasteiger partial charge in [-0.1, -0.05) is 16.8 Å². The largest absolute Gasteiger partial charge is 0.495 e. The van der Waals surface area contributed by atoms with Crippen molar-refractivity contribution in [3.05, 3.63) is 47.0 Å². The van der Waals surface area contributed by atoms with E-state index in [-0.39, 0.29) is 6.61 Å². The number of nitrogens with zero attached hydrogens (tertiary/aromatic N) is 1. The normalized spacial score (nSPS) is 10.5. The molecule has 0 spiro atoms. The summed E-state index contributed by atoms with van der Waals surface area (Å²) >= 11 is 5.92. The number of rotatable bonds is 8. The third-order valence-corrected chi connectivity index (χ3v) is 3.55. The van der Waals surface area contributed by atoms with Gasteiger partial charge in [-0.15, -0.1) is 0 Å². The fourth-order valence-electron chi connectivity index (χ4n) is 2.09. The van der Waals surface area contributed by atoms with Gasteiger partial charge in [0.1, 0.15) is 5.75 Å². The lowest BCUT2D eigenvalue weighted by molar-refractivity contribution is -0.120. The highest BCUT2D eigenvalue weighted by atomic mass is 35.5. The maximum absolute atomic E-state index is 11.9. The van der Waals surface area contributed by atoms with E-state index in [2.05, 4.69) is 10.5 Å². The van der Waals surface area contributed by atoms with Crippen molar-refractivity contribution in [2.24, 2.45) is 5.16 Å². The molecule has 0 aromatic heterocycles. The van der Waals surface area contributed by atoms with Crippen LogP contribution in [0.15, 0.2) is 41.6 Å². The van der Waals surface area contributed by atoms with Gasteiger partial charge >= 0.3 is 0 Å². The zero-order chi connectivity index (χ0) is 18.9. The molecule has 2 aromatic carbocycles. The van der Waals surface area contributed by atoms with Gasteiger partial charge in [-0.05, 0) is 36.4 Å². The van der Waals surface area contributed by atoms with E-state index in [1.165, 1.54) is 13.3 Å². The fraction of sp³-hybridized carbons (Fsp3) is 0.222. The predicted molar refractivity (Wildman–Crippen MR) is 99.7 cm³/mol. The van der Waals surface area contributed by atoms with Gasteiger partial charge in [-0.2, -0.15) is 0 Å². The molecule has 0 radical (unpaired) electrons. The SMILES string of the molecule is COc1ccc(Cl)cc1NC(=O)CO/N=C\c1ccc(OC)c(OC)c1. The molecular weight excluding hydrogens is 360 g/mol. The number of amides is 1. The van der Waals surface area contributed by atoms with Gasteiger partial charge in [0.15, 0.2) is 18.1 Å². The minimum Gasteiger partial charge on any atom is -0.495 e. The monoisotopic (exact) mass is 378 g/mol. The summed E-state index contributed by atoms with van der Waals surface area (Å²) in [6.07, 6.45) is 1.47.